The zero-order valence-electron chi connectivity index (χ0n) is 14.0. The van der Waals surface area contributed by atoms with Gasteiger partial charge in [0.15, 0.2) is 0 Å². The van der Waals surface area contributed by atoms with Crippen molar-refractivity contribution in [2.75, 3.05) is 5.32 Å². The first kappa shape index (κ1) is 16.1. The van der Waals surface area contributed by atoms with E-state index in [-0.39, 0.29) is 17.6 Å². The third-order valence-electron chi connectivity index (χ3n) is 3.90. The zero-order chi connectivity index (χ0) is 17.4. The summed E-state index contributed by atoms with van der Waals surface area (Å²) in [6, 6.07) is 6.32. The Morgan fingerprint density at radius 1 is 1.25 bits per heavy atom. The SMILES string of the molecule is Cc1ccc(NC(=O)c2cc(C(C)C)nc3onc(C)c23)cc1F. The smallest absolute Gasteiger partial charge is 0.259 e. The van der Waals surface area contributed by atoms with Gasteiger partial charge in [-0.1, -0.05) is 25.1 Å². The van der Waals surface area contributed by atoms with Crippen LogP contribution in [0.4, 0.5) is 10.1 Å². The lowest BCUT2D eigenvalue weighted by atomic mass is 10.0. The van der Waals surface area contributed by atoms with Crippen LogP contribution >= 0.6 is 0 Å². The van der Waals surface area contributed by atoms with Crippen molar-refractivity contribution in [2.45, 2.75) is 33.6 Å². The Hall–Kier alpha value is -2.76. The molecule has 0 unspecified atom stereocenters. The molecule has 0 aliphatic heterocycles. The quantitative estimate of drug-likeness (QED) is 0.776. The highest BCUT2D eigenvalue weighted by Gasteiger charge is 2.20. The Bertz CT molecular complexity index is 931. The number of aromatic nitrogens is 2. The summed E-state index contributed by atoms with van der Waals surface area (Å²) in [7, 11) is 0. The Balaban J connectivity index is 2.05. The maximum absolute atomic E-state index is 13.7. The number of nitrogens with one attached hydrogen (secondary N) is 1. The summed E-state index contributed by atoms with van der Waals surface area (Å²) >= 11 is 0. The maximum Gasteiger partial charge on any atom is 0.259 e. The highest BCUT2D eigenvalue weighted by atomic mass is 19.1. The van der Waals surface area contributed by atoms with Crippen LogP contribution in [-0.2, 0) is 0 Å². The number of carbonyl (C=O) groups excluding carboxylic acids is 1. The Labute approximate surface area is 138 Å². The van der Waals surface area contributed by atoms with Gasteiger partial charge in [0.1, 0.15) is 5.82 Å². The lowest BCUT2D eigenvalue weighted by Crippen LogP contribution is -2.14. The summed E-state index contributed by atoms with van der Waals surface area (Å²) in [6.45, 7) is 7.39. The molecule has 1 N–H and O–H groups in total. The van der Waals surface area contributed by atoms with Gasteiger partial charge in [-0.2, -0.15) is 0 Å². The number of pyridine rings is 1. The molecule has 124 valence electrons. The average Bonchev–Trinajstić information content (AvgIpc) is 2.91. The number of rotatable bonds is 3. The van der Waals surface area contributed by atoms with Crippen molar-refractivity contribution in [3.8, 4) is 0 Å². The molecule has 0 aliphatic carbocycles. The van der Waals surface area contributed by atoms with E-state index in [1.807, 2.05) is 13.8 Å². The number of carbonyl (C=O) groups is 1. The summed E-state index contributed by atoms with van der Waals surface area (Å²) in [5.74, 6) is -0.585. The summed E-state index contributed by atoms with van der Waals surface area (Å²) in [6.07, 6.45) is 0. The molecule has 5 nitrogen and oxygen atoms in total. The van der Waals surface area contributed by atoms with Crippen LogP contribution in [-0.4, -0.2) is 16.0 Å². The van der Waals surface area contributed by atoms with E-state index < -0.39 is 0 Å². The molecule has 2 aromatic heterocycles. The van der Waals surface area contributed by atoms with E-state index in [1.165, 1.54) is 6.07 Å². The van der Waals surface area contributed by atoms with Gasteiger partial charge in [0.2, 0.25) is 0 Å². The van der Waals surface area contributed by atoms with E-state index in [0.29, 0.717) is 33.6 Å². The largest absolute Gasteiger partial charge is 0.336 e. The van der Waals surface area contributed by atoms with E-state index in [2.05, 4.69) is 15.5 Å². The normalized spacial score (nSPS) is 11.2. The zero-order valence-corrected chi connectivity index (χ0v) is 14.0. The summed E-state index contributed by atoms with van der Waals surface area (Å²) < 4.78 is 18.9. The van der Waals surface area contributed by atoms with Crippen LogP contribution in [0.5, 0.6) is 0 Å². The fourth-order valence-electron chi connectivity index (χ4n) is 2.46. The second-order valence-electron chi connectivity index (χ2n) is 6.12. The standard InChI is InChI=1S/C18H18FN3O2/c1-9(2)15-8-13(16-11(4)22-24-18(16)21-15)17(23)20-12-6-5-10(3)14(19)7-12/h5-9H,1-4H3,(H,20,23). The first-order valence-corrected chi connectivity index (χ1v) is 7.71. The van der Waals surface area contributed by atoms with Gasteiger partial charge in [0.05, 0.1) is 16.6 Å². The molecule has 0 aliphatic rings. The van der Waals surface area contributed by atoms with E-state index in [9.17, 15) is 9.18 Å². The van der Waals surface area contributed by atoms with Crippen molar-refractivity contribution in [3.05, 3.63) is 52.6 Å². The number of halogens is 1. The first-order valence-electron chi connectivity index (χ1n) is 7.71. The fourth-order valence-corrected chi connectivity index (χ4v) is 2.46. The number of amides is 1. The lowest BCUT2D eigenvalue weighted by Gasteiger charge is -2.10. The minimum Gasteiger partial charge on any atom is -0.336 e. The Kier molecular flexibility index (Phi) is 4.05. The van der Waals surface area contributed by atoms with Gasteiger partial charge < -0.3 is 9.84 Å². The minimum atomic E-state index is -0.364. The molecule has 0 atom stereocenters. The van der Waals surface area contributed by atoms with Gasteiger partial charge in [-0.05, 0) is 43.5 Å². The molecule has 3 rings (SSSR count). The van der Waals surface area contributed by atoms with Crippen LogP contribution in [0.3, 0.4) is 0 Å². The van der Waals surface area contributed by atoms with E-state index in [1.54, 1.807) is 32.0 Å². The molecule has 0 bridgehead atoms. The van der Waals surface area contributed by atoms with E-state index >= 15 is 0 Å². The van der Waals surface area contributed by atoms with Crippen molar-refractivity contribution in [3.63, 3.8) is 0 Å². The molecule has 0 saturated carbocycles. The Morgan fingerprint density at radius 3 is 2.67 bits per heavy atom. The number of anilines is 1. The van der Waals surface area contributed by atoms with Crippen LogP contribution in [0, 0.1) is 19.7 Å². The van der Waals surface area contributed by atoms with Crippen LogP contribution < -0.4 is 5.32 Å². The number of hydrogen-bond acceptors (Lipinski definition) is 4. The third kappa shape index (κ3) is 2.87. The summed E-state index contributed by atoms with van der Waals surface area (Å²) in [4.78, 5) is 17.1. The van der Waals surface area contributed by atoms with Gasteiger partial charge in [-0.3, -0.25) is 4.79 Å². The average molecular weight is 327 g/mol. The molecule has 1 aromatic carbocycles. The Morgan fingerprint density at radius 2 is 2.00 bits per heavy atom. The van der Waals surface area contributed by atoms with E-state index in [4.69, 9.17) is 4.52 Å². The fraction of sp³-hybridized carbons (Fsp3) is 0.278. The highest BCUT2D eigenvalue weighted by Crippen LogP contribution is 2.26. The van der Waals surface area contributed by atoms with Gasteiger partial charge in [0, 0.05) is 11.4 Å². The first-order chi connectivity index (χ1) is 11.4. The number of aryl methyl sites for hydroxylation is 2. The molecule has 24 heavy (non-hydrogen) atoms. The van der Waals surface area contributed by atoms with Gasteiger partial charge in [-0.25, -0.2) is 9.37 Å². The number of fused-ring (bicyclic) bond motifs is 1. The monoisotopic (exact) mass is 327 g/mol. The van der Waals surface area contributed by atoms with Gasteiger partial charge in [-0.15, -0.1) is 0 Å². The van der Waals surface area contributed by atoms with Crippen LogP contribution in [0.15, 0.2) is 28.8 Å². The number of nitrogens with zero attached hydrogens (tertiary/aromatic N) is 2. The second-order valence-corrected chi connectivity index (χ2v) is 6.12. The molecule has 2 heterocycles. The third-order valence-corrected chi connectivity index (χ3v) is 3.90. The summed E-state index contributed by atoms with van der Waals surface area (Å²) in [5.41, 5.74) is 3.00. The topological polar surface area (TPSA) is 68.0 Å². The minimum absolute atomic E-state index is 0.128. The van der Waals surface area contributed by atoms with Crippen molar-refractivity contribution in [1.29, 1.82) is 0 Å². The van der Waals surface area contributed by atoms with Gasteiger partial charge >= 0.3 is 0 Å². The predicted molar refractivity (Wildman–Crippen MR) is 89.7 cm³/mol. The number of benzene rings is 1. The number of hydrogen-bond donors (Lipinski definition) is 1. The van der Waals surface area contributed by atoms with Crippen molar-refractivity contribution < 1.29 is 13.7 Å². The molecule has 0 saturated heterocycles. The maximum atomic E-state index is 13.7. The van der Waals surface area contributed by atoms with Crippen LogP contribution in [0.2, 0.25) is 0 Å². The van der Waals surface area contributed by atoms with Crippen molar-refractivity contribution >= 4 is 22.7 Å². The molecule has 0 spiro atoms. The molecule has 0 fully saturated rings. The van der Waals surface area contributed by atoms with Crippen molar-refractivity contribution in [2.24, 2.45) is 0 Å². The van der Waals surface area contributed by atoms with Crippen molar-refractivity contribution in [1.82, 2.24) is 10.1 Å². The lowest BCUT2D eigenvalue weighted by molar-refractivity contribution is 0.102. The predicted octanol–water partition coefficient (Wildman–Crippen LogP) is 4.35. The van der Waals surface area contributed by atoms with E-state index in [0.717, 1.165) is 5.69 Å². The molecule has 6 heteroatoms. The van der Waals surface area contributed by atoms with Crippen LogP contribution in [0.1, 0.15) is 47.1 Å². The molecular weight excluding hydrogens is 309 g/mol. The molecule has 1 amide bonds. The van der Waals surface area contributed by atoms with Crippen LogP contribution in [0.25, 0.3) is 11.1 Å². The summed E-state index contributed by atoms with van der Waals surface area (Å²) in [5, 5.41) is 7.19. The highest BCUT2D eigenvalue weighted by molar-refractivity contribution is 6.12. The molecule has 3 aromatic rings. The second kappa shape index (κ2) is 6.03. The molecule has 0 radical (unpaired) electrons. The van der Waals surface area contributed by atoms with Gasteiger partial charge in [0.25, 0.3) is 11.6 Å². The molecular formula is C18H18FN3O2.